The van der Waals surface area contributed by atoms with Crippen LogP contribution in [0.15, 0.2) is 57.9 Å². The van der Waals surface area contributed by atoms with E-state index in [1.165, 1.54) is 4.31 Å². The van der Waals surface area contributed by atoms with Crippen molar-refractivity contribution in [1.29, 1.82) is 0 Å². The highest BCUT2D eigenvalue weighted by Gasteiger charge is 2.33. The molecule has 1 saturated heterocycles. The Bertz CT molecular complexity index is 1400. The van der Waals surface area contributed by atoms with Crippen LogP contribution in [0.1, 0.15) is 18.7 Å². The smallest absolute Gasteiger partial charge is 0.257 e. The first-order chi connectivity index (χ1) is 16.5. The van der Waals surface area contributed by atoms with Crippen LogP contribution >= 0.6 is 11.7 Å². The average molecular weight is 499 g/mol. The van der Waals surface area contributed by atoms with Crippen molar-refractivity contribution in [1.82, 2.24) is 28.5 Å². The van der Waals surface area contributed by atoms with Gasteiger partial charge in [0, 0.05) is 37.5 Å². The maximum Gasteiger partial charge on any atom is 0.257 e. The third-order valence-corrected chi connectivity index (χ3v) is 8.30. The first-order valence-electron chi connectivity index (χ1n) is 10.9. The quantitative estimate of drug-likeness (QED) is 0.411. The van der Waals surface area contributed by atoms with E-state index in [4.69, 9.17) is 4.52 Å². The van der Waals surface area contributed by atoms with Gasteiger partial charge >= 0.3 is 0 Å². The number of benzene rings is 2. The fraction of sp³-hybridized carbons (Fsp3) is 0.318. The molecule has 3 heterocycles. The molecule has 0 saturated carbocycles. The molecule has 0 atom stereocenters. The Morgan fingerprint density at radius 1 is 1.09 bits per heavy atom. The van der Waals surface area contributed by atoms with Gasteiger partial charge in [0.05, 0.1) is 11.7 Å². The molecule has 1 fully saturated rings. The van der Waals surface area contributed by atoms with Crippen molar-refractivity contribution in [2.75, 3.05) is 19.6 Å². The topological polar surface area (TPSA) is 131 Å². The van der Waals surface area contributed by atoms with E-state index >= 15 is 0 Å². The first-order valence-corrected chi connectivity index (χ1v) is 13.1. The molecule has 0 unspecified atom stereocenters. The van der Waals surface area contributed by atoms with Gasteiger partial charge in [-0.1, -0.05) is 29.4 Å². The second-order valence-electron chi connectivity index (χ2n) is 7.99. The van der Waals surface area contributed by atoms with E-state index in [2.05, 4.69) is 24.2 Å². The summed E-state index contributed by atoms with van der Waals surface area (Å²) in [5.41, 5.74) is 1.80. The number of amides is 1. The summed E-state index contributed by atoms with van der Waals surface area (Å²) in [6.07, 6.45) is 1.36. The molecule has 1 aliphatic heterocycles. The number of carbonyl (C=O) groups is 1. The van der Waals surface area contributed by atoms with E-state index in [0.717, 1.165) is 17.3 Å². The molecule has 0 radical (unpaired) electrons. The number of hydrogen-bond acceptors (Lipinski definition) is 9. The van der Waals surface area contributed by atoms with Crippen molar-refractivity contribution < 1.29 is 17.7 Å². The van der Waals surface area contributed by atoms with Gasteiger partial charge in [-0.05, 0) is 37.1 Å². The summed E-state index contributed by atoms with van der Waals surface area (Å²) in [6.45, 7) is 0.934. The predicted molar refractivity (Wildman–Crippen MR) is 125 cm³/mol. The van der Waals surface area contributed by atoms with E-state index in [-0.39, 0.29) is 29.8 Å². The van der Waals surface area contributed by atoms with Crippen LogP contribution in [0, 0.1) is 5.92 Å². The average Bonchev–Trinajstić information content (AvgIpc) is 3.54. The molecular weight excluding hydrogens is 476 g/mol. The Morgan fingerprint density at radius 2 is 1.88 bits per heavy atom. The van der Waals surface area contributed by atoms with Crippen molar-refractivity contribution in [3.05, 3.63) is 54.4 Å². The van der Waals surface area contributed by atoms with Crippen LogP contribution in [-0.2, 0) is 21.2 Å². The molecule has 34 heavy (non-hydrogen) atoms. The number of fused-ring (bicyclic) bond motifs is 1. The molecule has 12 heteroatoms. The highest BCUT2D eigenvalue weighted by Crippen LogP contribution is 2.28. The largest absolute Gasteiger partial charge is 0.355 e. The molecule has 1 amide bonds. The van der Waals surface area contributed by atoms with Gasteiger partial charge in [-0.15, -0.1) is 0 Å². The minimum Gasteiger partial charge on any atom is -0.355 e. The number of aromatic nitrogens is 4. The van der Waals surface area contributed by atoms with Crippen LogP contribution < -0.4 is 5.32 Å². The van der Waals surface area contributed by atoms with Crippen LogP contribution in [-0.4, -0.2) is 57.2 Å². The van der Waals surface area contributed by atoms with E-state index in [0.29, 0.717) is 48.6 Å². The van der Waals surface area contributed by atoms with E-state index in [9.17, 15) is 13.2 Å². The minimum absolute atomic E-state index is 0.0883. The molecule has 0 bridgehead atoms. The Labute approximate surface area is 200 Å². The molecule has 2 aromatic heterocycles. The fourth-order valence-corrected chi connectivity index (χ4v) is 6.20. The summed E-state index contributed by atoms with van der Waals surface area (Å²) >= 11 is 0.989. The van der Waals surface area contributed by atoms with Gasteiger partial charge in [0.1, 0.15) is 15.9 Å². The summed E-state index contributed by atoms with van der Waals surface area (Å²) in [5.74, 6) is 0.633. The number of rotatable bonds is 7. The number of piperidine rings is 1. The lowest BCUT2D eigenvalue weighted by Crippen LogP contribution is -2.43. The lowest BCUT2D eigenvalue weighted by atomic mass is 9.97. The maximum absolute atomic E-state index is 13.1. The highest BCUT2D eigenvalue weighted by atomic mass is 32.2. The van der Waals surface area contributed by atoms with Crippen molar-refractivity contribution in [3.8, 4) is 11.5 Å². The lowest BCUT2D eigenvalue weighted by molar-refractivity contribution is -0.126. The maximum atomic E-state index is 13.1. The van der Waals surface area contributed by atoms with Gasteiger partial charge in [-0.3, -0.25) is 4.79 Å². The summed E-state index contributed by atoms with van der Waals surface area (Å²) in [5, 5.41) is 6.88. The van der Waals surface area contributed by atoms with E-state index < -0.39 is 10.0 Å². The Kier molecular flexibility index (Phi) is 6.35. The zero-order valence-electron chi connectivity index (χ0n) is 18.1. The van der Waals surface area contributed by atoms with Gasteiger partial charge in [-0.2, -0.15) is 18.0 Å². The van der Waals surface area contributed by atoms with Crippen molar-refractivity contribution >= 4 is 38.7 Å². The van der Waals surface area contributed by atoms with Crippen LogP contribution in [0.5, 0.6) is 0 Å². The second kappa shape index (κ2) is 9.57. The molecule has 10 nitrogen and oxygen atoms in total. The van der Waals surface area contributed by atoms with Gasteiger partial charge < -0.3 is 9.84 Å². The standard InChI is InChI=1S/C22H22N6O4S2/c29-21(23-12-9-19-24-22(32-25-19)16-5-2-1-3-6-16)15-10-13-28(14-11-15)34(30,31)18-8-4-7-17-20(18)27-33-26-17/h1-8,15H,9-14H2,(H,23,29). The number of hydrogen-bond donors (Lipinski definition) is 1. The van der Waals surface area contributed by atoms with Crippen LogP contribution in [0.3, 0.4) is 0 Å². The molecule has 4 aromatic rings. The summed E-state index contributed by atoms with van der Waals surface area (Å²) in [6, 6.07) is 14.4. The zero-order valence-corrected chi connectivity index (χ0v) is 19.8. The van der Waals surface area contributed by atoms with Crippen molar-refractivity contribution in [2.24, 2.45) is 5.92 Å². The molecule has 0 aliphatic carbocycles. The Hall–Kier alpha value is -3.22. The number of carbonyl (C=O) groups excluding carboxylic acids is 1. The normalized spacial score (nSPS) is 15.5. The van der Waals surface area contributed by atoms with E-state index in [1.807, 2.05) is 30.3 Å². The monoisotopic (exact) mass is 498 g/mol. The molecule has 5 rings (SSSR count). The summed E-state index contributed by atoms with van der Waals surface area (Å²) in [4.78, 5) is 17.1. The van der Waals surface area contributed by atoms with Crippen LogP contribution in [0.4, 0.5) is 0 Å². The number of nitrogens with one attached hydrogen (secondary N) is 1. The number of sulfonamides is 1. The van der Waals surface area contributed by atoms with Crippen molar-refractivity contribution in [3.63, 3.8) is 0 Å². The minimum atomic E-state index is -3.70. The van der Waals surface area contributed by atoms with Gasteiger partial charge in [-0.25, -0.2) is 8.42 Å². The lowest BCUT2D eigenvalue weighted by Gasteiger charge is -2.30. The SMILES string of the molecule is O=C(NCCc1noc(-c2ccccc2)n1)C1CCN(S(=O)(=O)c2cccc3nsnc23)CC1. The molecule has 176 valence electrons. The van der Waals surface area contributed by atoms with Crippen LogP contribution in [0.25, 0.3) is 22.5 Å². The van der Waals surface area contributed by atoms with Gasteiger partial charge in [0.2, 0.25) is 15.9 Å². The second-order valence-corrected chi connectivity index (χ2v) is 10.4. The van der Waals surface area contributed by atoms with Crippen LogP contribution in [0.2, 0.25) is 0 Å². The third-order valence-electron chi connectivity index (χ3n) is 5.83. The Balaban J connectivity index is 1.13. The predicted octanol–water partition coefficient (Wildman–Crippen LogP) is 2.50. The summed E-state index contributed by atoms with van der Waals surface area (Å²) in [7, 11) is -3.70. The molecule has 1 N–H and O–H groups in total. The molecule has 1 aliphatic rings. The van der Waals surface area contributed by atoms with Crippen molar-refractivity contribution in [2.45, 2.75) is 24.2 Å². The number of nitrogens with zero attached hydrogens (tertiary/aromatic N) is 5. The molecule has 2 aromatic carbocycles. The zero-order chi connectivity index (χ0) is 23.5. The first kappa shape index (κ1) is 22.6. The summed E-state index contributed by atoms with van der Waals surface area (Å²) < 4.78 is 41.3. The molecule has 0 spiro atoms. The third kappa shape index (κ3) is 4.56. The fourth-order valence-electron chi connectivity index (χ4n) is 3.98. The van der Waals surface area contributed by atoms with E-state index in [1.54, 1.807) is 18.2 Å². The Morgan fingerprint density at radius 3 is 2.68 bits per heavy atom. The van der Waals surface area contributed by atoms with Gasteiger partial charge in [0.25, 0.3) is 5.89 Å². The van der Waals surface area contributed by atoms with Gasteiger partial charge in [0.15, 0.2) is 5.82 Å². The molecular formula is C22H22N6O4S2. The highest BCUT2D eigenvalue weighted by molar-refractivity contribution is 7.89.